The lowest BCUT2D eigenvalue weighted by Gasteiger charge is -2.30. The molecule has 3 aromatic rings. The summed E-state index contributed by atoms with van der Waals surface area (Å²) >= 11 is 1.70. The highest BCUT2D eigenvalue weighted by molar-refractivity contribution is 7.13. The van der Waals surface area contributed by atoms with E-state index < -0.39 is 0 Å². The molecule has 0 aromatic carbocycles. The molecular formula is C14H16N6S. The van der Waals surface area contributed by atoms with Crippen LogP contribution in [0.4, 0.5) is 5.13 Å². The number of nitrogens with zero attached hydrogens (tertiary/aromatic N) is 6. The van der Waals surface area contributed by atoms with Crippen LogP contribution < -0.4 is 4.90 Å². The van der Waals surface area contributed by atoms with Crippen LogP contribution in [0.1, 0.15) is 30.3 Å². The molecule has 1 aliphatic heterocycles. The normalized spacial score (nSPS) is 16.7. The Balaban J connectivity index is 1.56. The smallest absolute Gasteiger partial charge is 0.185 e. The first-order chi connectivity index (χ1) is 10.3. The zero-order chi connectivity index (χ0) is 14.2. The van der Waals surface area contributed by atoms with Gasteiger partial charge < -0.3 is 4.90 Å². The number of aryl methyl sites for hydroxylation is 1. The van der Waals surface area contributed by atoms with Crippen LogP contribution in [-0.4, -0.2) is 37.9 Å². The summed E-state index contributed by atoms with van der Waals surface area (Å²) in [6.45, 7) is 4.02. The average Bonchev–Trinajstić information content (AvgIpc) is 3.16. The molecule has 0 aliphatic carbocycles. The SMILES string of the molecule is Cc1ccc2nnc(C3CCN(c4nccs4)CC3)n2n1. The van der Waals surface area contributed by atoms with E-state index in [4.69, 9.17) is 0 Å². The van der Waals surface area contributed by atoms with Gasteiger partial charge in [0.2, 0.25) is 0 Å². The third-order valence-corrected chi connectivity index (χ3v) is 4.80. The second-order valence-corrected chi connectivity index (χ2v) is 6.25. The molecule has 108 valence electrons. The third kappa shape index (κ3) is 2.27. The van der Waals surface area contributed by atoms with Crippen molar-refractivity contribution < 1.29 is 0 Å². The highest BCUT2D eigenvalue weighted by atomic mass is 32.1. The van der Waals surface area contributed by atoms with Gasteiger partial charge in [0.05, 0.1) is 5.69 Å². The Morgan fingerprint density at radius 3 is 2.81 bits per heavy atom. The molecule has 6 nitrogen and oxygen atoms in total. The van der Waals surface area contributed by atoms with Crippen molar-refractivity contribution in [1.82, 2.24) is 24.8 Å². The number of anilines is 1. The quantitative estimate of drug-likeness (QED) is 0.726. The number of hydrogen-bond acceptors (Lipinski definition) is 6. The minimum atomic E-state index is 0.422. The van der Waals surface area contributed by atoms with Crippen LogP contribution in [0.5, 0.6) is 0 Å². The van der Waals surface area contributed by atoms with E-state index in [9.17, 15) is 0 Å². The number of rotatable bonds is 2. The molecule has 7 heteroatoms. The summed E-state index contributed by atoms with van der Waals surface area (Å²) in [4.78, 5) is 6.74. The van der Waals surface area contributed by atoms with Gasteiger partial charge in [0, 0.05) is 30.6 Å². The fourth-order valence-electron chi connectivity index (χ4n) is 2.85. The molecule has 0 radical (unpaired) electrons. The van der Waals surface area contributed by atoms with E-state index in [2.05, 4.69) is 25.2 Å². The molecule has 3 aromatic heterocycles. The van der Waals surface area contributed by atoms with Crippen LogP contribution in [0.25, 0.3) is 5.65 Å². The van der Waals surface area contributed by atoms with Crippen LogP contribution in [0.3, 0.4) is 0 Å². The Morgan fingerprint density at radius 1 is 1.19 bits per heavy atom. The van der Waals surface area contributed by atoms with Gasteiger partial charge in [-0.3, -0.25) is 0 Å². The van der Waals surface area contributed by atoms with E-state index in [1.165, 1.54) is 0 Å². The minimum Gasteiger partial charge on any atom is -0.348 e. The van der Waals surface area contributed by atoms with Gasteiger partial charge in [-0.1, -0.05) is 0 Å². The van der Waals surface area contributed by atoms with Crippen molar-refractivity contribution in [2.75, 3.05) is 18.0 Å². The summed E-state index contributed by atoms with van der Waals surface area (Å²) in [6, 6.07) is 3.95. The van der Waals surface area contributed by atoms with Gasteiger partial charge in [0.25, 0.3) is 0 Å². The maximum absolute atomic E-state index is 4.55. The van der Waals surface area contributed by atoms with E-state index >= 15 is 0 Å². The van der Waals surface area contributed by atoms with E-state index in [-0.39, 0.29) is 0 Å². The standard InChI is InChI=1S/C14H16N6S/c1-10-2-3-12-16-17-13(20(12)18-10)11-4-7-19(8-5-11)14-15-6-9-21-14/h2-3,6,9,11H,4-5,7-8H2,1H3. The van der Waals surface area contributed by atoms with Gasteiger partial charge in [-0.15, -0.1) is 21.5 Å². The van der Waals surface area contributed by atoms with E-state index in [1.54, 1.807) is 11.3 Å². The Bertz CT molecular complexity index is 742. The molecule has 0 amide bonds. The predicted octanol–water partition coefficient (Wildman–Crippen LogP) is 2.27. The van der Waals surface area contributed by atoms with Crippen molar-refractivity contribution in [2.24, 2.45) is 0 Å². The van der Waals surface area contributed by atoms with E-state index in [0.29, 0.717) is 5.92 Å². The van der Waals surface area contributed by atoms with Gasteiger partial charge in [0.15, 0.2) is 16.6 Å². The first kappa shape index (κ1) is 12.7. The highest BCUT2D eigenvalue weighted by Gasteiger charge is 2.25. The summed E-state index contributed by atoms with van der Waals surface area (Å²) in [5.41, 5.74) is 1.82. The van der Waals surface area contributed by atoms with Crippen LogP contribution in [0.15, 0.2) is 23.7 Å². The molecule has 0 unspecified atom stereocenters. The van der Waals surface area contributed by atoms with E-state index in [1.807, 2.05) is 35.1 Å². The number of hydrogen-bond donors (Lipinski definition) is 0. The molecule has 0 bridgehead atoms. The average molecular weight is 300 g/mol. The van der Waals surface area contributed by atoms with Gasteiger partial charge in [-0.05, 0) is 31.9 Å². The maximum atomic E-state index is 4.55. The van der Waals surface area contributed by atoms with Crippen LogP contribution >= 0.6 is 11.3 Å². The molecule has 0 saturated carbocycles. The van der Waals surface area contributed by atoms with Crippen molar-refractivity contribution in [3.63, 3.8) is 0 Å². The molecule has 21 heavy (non-hydrogen) atoms. The van der Waals surface area contributed by atoms with Crippen molar-refractivity contribution >= 4 is 22.1 Å². The minimum absolute atomic E-state index is 0.422. The largest absolute Gasteiger partial charge is 0.348 e. The van der Waals surface area contributed by atoms with Crippen LogP contribution in [0.2, 0.25) is 0 Å². The van der Waals surface area contributed by atoms with Crippen molar-refractivity contribution in [3.8, 4) is 0 Å². The summed E-state index contributed by atoms with van der Waals surface area (Å²) in [6.07, 6.45) is 4.00. The zero-order valence-electron chi connectivity index (χ0n) is 11.8. The molecular weight excluding hydrogens is 284 g/mol. The zero-order valence-corrected chi connectivity index (χ0v) is 12.6. The van der Waals surface area contributed by atoms with Crippen molar-refractivity contribution in [2.45, 2.75) is 25.7 Å². The second kappa shape index (κ2) is 5.07. The van der Waals surface area contributed by atoms with Crippen LogP contribution in [0, 0.1) is 6.92 Å². The molecule has 1 saturated heterocycles. The van der Waals surface area contributed by atoms with Crippen molar-refractivity contribution in [1.29, 1.82) is 0 Å². The molecule has 0 N–H and O–H groups in total. The first-order valence-electron chi connectivity index (χ1n) is 7.14. The molecule has 1 fully saturated rings. The fourth-order valence-corrected chi connectivity index (χ4v) is 3.55. The second-order valence-electron chi connectivity index (χ2n) is 5.38. The molecule has 0 atom stereocenters. The lowest BCUT2D eigenvalue weighted by molar-refractivity contribution is 0.476. The van der Waals surface area contributed by atoms with E-state index in [0.717, 1.165) is 48.2 Å². The third-order valence-electron chi connectivity index (χ3n) is 3.97. The molecule has 1 aliphatic rings. The number of thiazole rings is 1. The van der Waals surface area contributed by atoms with Gasteiger partial charge >= 0.3 is 0 Å². The van der Waals surface area contributed by atoms with Gasteiger partial charge in [-0.2, -0.15) is 9.61 Å². The summed E-state index contributed by atoms with van der Waals surface area (Å²) in [5, 5.41) is 16.3. The topological polar surface area (TPSA) is 59.2 Å². The first-order valence-corrected chi connectivity index (χ1v) is 8.02. The summed E-state index contributed by atoms with van der Waals surface area (Å²) in [5.74, 6) is 1.41. The lowest BCUT2D eigenvalue weighted by Crippen LogP contribution is -2.33. The Morgan fingerprint density at radius 2 is 2.05 bits per heavy atom. The van der Waals surface area contributed by atoms with Crippen molar-refractivity contribution in [3.05, 3.63) is 35.2 Å². The van der Waals surface area contributed by atoms with Gasteiger partial charge in [0.1, 0.15) is 0 Å². The monoisotopic (exact) mass is 300 g/mol. The fraction of sp³-hybridized carbons (Fsp3) is 0.429. The molecule has 4 heterocycles. The number of piperidine rings is 1. The number of aromatic nitrogens is 5. The summed E-state index contributed by atoms with van der Waals surface area (Å²) in [7, 11) is 0. The summed E-state index contributed by atoms with van der Waals surface area (Å²) < 4.78 is 1.90. The van der Waals surface area contributed by atoms with Gasteiger partial charge in [-0.25, -0.2) is 4.98 Å². The van der Waals surface area contributed by atoms with Crippen LogP contribution in [-0.2, 0) is 0 Å². The Hall–Kier alpha value is -2.02. The lowest BCUT2D eigenvalue weighted by atomic mass is 9.96. The Kier molecular flexibility index (Phi) is 3.07. The number of fused-ring (bicyclic) bond motifs is 1. The molecule has 0 spiro atoms. The highest BCUT2D eigenvalue weighted by Crippen LogP contribution is 2.30. The molecule has 4 rings (SSSR count). The maximum Gasteiger partial charge on any atom is 0.185 e. The predicted molar refractivity (Wildman–Crippen MR) is 81.8 cm³/mol. The Labute approximate surface area is 126 Å².